The lowest BCUT2D eigenvalue weighted by atomic mass is 9.93. The Morgan fingerprint density at radius 1 is 1.09 bits per heavy atom. The van der Waals surface area contributed by atoms with E-state index in [-0.39, 0.29) is 13.0 Å². The van der Waals surface area contributed by atoms with Gasteiger partial charge in [0.25, 0.3) is 0 Å². The number of aliphatic hydroxyl groups excluding tert-OH is 5. The van der Waals surface area contributed by atoms with Gasteiger partial charge < -0.3 is 41.3 Å². The van der Waals surface area contributed by atoms with Crippen LogP contribution in [0.15, 0.2) is 0 Å². The number of carbonyl (C=O) groups excluding carboxylic acids is 2. The molecule has 10 heteroatoms. The summed E-state index contributed by atoms with van der Waals surface area (Å²) in [6.45, 7) is -0.953. The van der Waals surface area contributed by atoms with Crippen LogP contribution >= 0.6 is 0 Å². The smallest absolute Gasteiger partial charge is 0.240 e. The monoisotopic (exact) mass is 322 g/mol. The maximum Gasteiger partial charge on any atom is 0.240 e. The largest absolute Gasteiger partial charge is 0.396 e. The van der Waals surface area contributed by atoms with Crippen molar-refractivity contribution in [2.45, 2.75) is 49.4 Å². The van der Waals surface area contributed by atoms with Crippen molar-refractivity contribution < 1.29 is 39.9 Å². The Morgan fingerprint density at radius 3 is 2.18 bits per heavy atom. The molecule has 6 atom stereocenters. The van der Waals surface area contributed by atoms with Gasteiger partial charge in [0.15, 0.2) is 0 Å². The van der Waals surface area contributed by atoms with Gasteiger partial charge in [0.2, 0.25) is 11.8 Å². The number of amides is 2. The molecule has 1 aliphatic heterocycles. The van der Waals surface area contributed by atoms with Gasteiger partial charge in [-0.15, -0.1) is 0 Å². The van der Waals surface area contributed by atoms with Crippen LogP contribution in [0.1, 0.15) is 12.8 Å². The van der Waals surface area contributed by atoms with E-state index in [9.17, 15) is 24.9 Å². The second-order valence-corrected chi connectivity index (χ2v) is 5.11. The minimum Gasteiger partial charge on any atom is -0.396 e. The Bertz CT molecular complexity index is 391. The maximum atomic E-state index is 11.8. The number of carbonyl (C=O) groups is 2. The lowest BCUT2D eigenvalue weighted by molar-refractivity contribution is -0.229. The molecule has 2 amide bonds. The Labute approximate surface area is 126 Å². The highest BCUT2D eigenvalue weighted by Crippen LogP contribution is 2.23. The average Bonchev–Trinajstić information content (AvgIpc) is 2.47. The Hall–Kier alpha value is -1.30. The van der Waals surface area contributed by atoms with Crippen molar-refractivity contribution >= 4 is 11.8 Å². The van der Waals surface area contributed by atoms with E-state index in [1.54, 1.807) is 0 Å². The summed E-state index contributed by atoms with van der Waals surface area (Å²) >= 11 is 0. The standard InChI is InChI=1S/C12H22N2O8/c13-12(21)5(1-2-15)14-8(17)3-6-9(18)11(20)10(19)7(4-16)22-6/h5-7,9-11,15-16,18-20H,1-4H2,(H2,13,21)(H,14,17)/t5-,6+,7-,9?,10-,11-/m1/s1. The van der Waals surface area contributed by atoms with Gasteiger partial charge in [0, 0.05) is 6.61 Å². The van der Waals surface area contributed by atoms with Gasteiger partial charge in [0.1, 0.15) is 30.5 Å². The molecular formula is C12H22N2O8. The molecule has 0 spiro atoms. The van der Waals surface area contributed by atoms with Crippen molar-refractivity contribution in [1.29, 1.82) is 0 Å². The fraction of sp³-hybridized carbons (Fsp3) is 0.833. The molecule has 128 valence electrons. The Kier molecular flexibility index (Phi) is 7.13. The number of hydrogen-bond donors (Lipinski definition) is 7. The predicted octanol–water partition coefficient (Wildman–Crippen LogP) is -4.43. The molecule has 0 aromatic heterocycles. The minimum atomic E-state index is -1.58. The number of primary amides is 1. The molecule has 10 nitrogen and oxygen atoms in total. The minimum absolute atomic E-state index is 0.0598. The molecule has 1 rings (SSSR count). The zero-order valence-corrected chi connectivity index (χ0v) is 11.8. The third kappa shape index (κ3) is 4.60. The summed E-state index contributed by atoms with van der Waals surface area (Å²) in [6, 6.07) is -1.07. The SMILES string of the molecule is NC(=O)[C@@H](CCO)NC(=O)C[C@@H]1O[C@H](CO)[C@@H](O)[C@H](O)C1O. The van der Waals surface area contributed by atoms with E-state index >= 15 is 0 Å². The van der Waals surface area contributed by atoms with Crippen LogP contribution in [0, 0.1) is 0 Å². The van der Waals surface area contributed by atoms with E-state index in [4.69, 9.17) is 20.7 Å². The zero-order valence-electron chi connectivity index (χ0n) is 11.8. The van der Waals surface area contributed by atoms with Crippen molar-refractivity contribution in [3.63, 3.8) is 0 Å². The van der Waals surface area contributed by atoms with E-state index < -0.39 is 61.4 Å². The molecule has 1 heterocycles. The van der Waals surface area contributed by atoms with E-state index in [1.165, 1.54) is 0 Å². The van der Waals surface area contributed by atoms with Crippen molar-refractivity contribution in [3.8, 4) is 0 Å². The van der Waals surface area contributed by atoms with Gasteiger partial charge in [0.05, 0.1) is 19.1 Å². The summed E-state index contributed by atoms with van der Waals surface area (Å²) in [5.41, 5.74) is 5.06. The van der Waals surface area contributed by atoms with Crippen LogP contribution in [0.25, 0.3) is 0 Å². The molecule has 1 aliphatic rings. The van der Waals surface area contributed by atoms with Gasteiger partial charge in [-0.1, -0.05) is 0 Å². The van der Waals surface area contributed by atoms with Crippen LogP contribution < -0.4 is 11.1 Å². The molecule has 0 aliphatic carbocycles. The van der Waals surface area contributed by atoms with Gasteiger partial charge in [-0.3, -0.25) is 9.59 Å². The maximum absolute atomic E-state index is 11.8. The van der Waals surface area contributed by atoms with E-state index in [2.05, 4.69) is 5.32 Å². The highest BCUT2D eigenvalue weighted by molar-refractivity contribution is 5.86. The van der Waals surface area contributed by atoms with Crippen molar-refractivity contribution in [2.75, 3.05) is 13.2 Å². The molecule has 0 saturated carbocycles. The first kappa shape index (κ1) is 18.7. The summed E-state index contributed by atoms with van der Waals surface area (Å²) in [5, 5.41) is 49.1. The second-order valence-electron chi connectivity index (χ2n) is 5.11. The molecule has 1 unspecified atom stereocenters. The van der Waals surface area contributed by atoms with Crippen molar-refractivity contribution in [2.24, 2.45) is 5.73 Å². The van der Waals surface area contributed by atoms with E-state index in [0.717, 1.165) is 0 Å². The van der Waals surface area contributed by atoms with Crippen LogP contribution in [0.2, 0.25) is 0 Å². The lowest BCUT2D eigenvalue weighted by Crippen LogP contribution is -2.59. The first-order valence-electron chi connectivity index (χ1n) is 6.81. The molecule has 1 fully saturated rings. The molecule has 0 radical (unpaired) electrons. The summed E-state index contributed by atoms with van der Waals surface area (Å²) in [5.74, 6) is -1.52. The van der Waals surface area contributed by atoms with Gasteiger partial charge in [-0.25, -0.2) is 0 Å². The van der Waals surface area contributed by atoms with Crippen LogP contribution in [-0.4, -0.2) is 87.1 Å². The average molecular weight is 322 g/mol. The van der Waals surface area contributed by atoms with Crippen LogP contribution in [0.5, 0.6) is 0 Å². The number of hydrogen-bond acceptors (Lipinski definition) is 8. The van der Waals surface area contributed by atoms with Gasteiger partial charge in [-0.2, -0.15) is 0 Å². The lowest BCUT2D eigenvalue weighted by Gasteiger charge is -2.39. The third-order valence-electron chi connectivity index (χ3n) is 3.47. The van der Waals surface area contributed by atoms with Crippen molar-refractivity contribution in [1.82, 2.24) is 5.32 Å². The zero-order chi connectivity index (χ0) is 16.9. The highest BCUT2D eigenvalue weighted by Gasteiger charge is 2.44. The van der Waals surface area contributed by atoms with Crippen LogP contribution in [0.3, 0.4) is 0 Å². The molecule has 0 aromatic carbocycles. The number of ether oxygens (including phenoxy) is 1. The number of nitrogens with one attached hydrogen (secondary N) is 1. The molecule has 0 bridgehead atoms. The second kappa shape index (κ2) is 8.36. The van der Waals surface area contributed by atoms with Crippen LogP contribution in [-0.2, 0) is 14.3 Å². The molecule has 0 aromatic rings. The van der Waals surface area contributed by atoms with E-state index in [0.29, 0.717) is 0 Å². The van der Waals surface area contributed by atoms with Crippen LogP contribution in [0.4, 0.5) is 0 Å². The number of nitrogens with two attached hydrogens (primary N) is 1. The van der Waals surface area contributed by atoms with Gasteiger partial charge >= 0.3 is 0 Å². The first-order valence-corrected chi connectivity index (χ1v) is 6.81. The highest BCUT2D eigenvalue weighted by atomic mass is 16.5. The molecule has 22 heavy (non-hydrogen) atoms. The summed E-state index contributed by atoms with van der Waals surface area (Å²) in [7, 11) is 0. The summed E-state index contributed by atoms with van der Waals surface area (Å²) in [6.07, 6.45) is -7.38. The number of rotatable bonds is 7. The summed E-state index contributed by atoms with van der Waals surface area (Å²) in [4.78, 5) is 22.9. The quantitative estimate of drug-likeness (QED) is 0.245. The third-order valence-corrected chi connectivity index (χ3v) is 3.47. The predicted molar refractivity (Wildman–Crippen MR) is 71.2 cm³/mol. The first-order chi connectivity index (χ1) is 10.3. The Morgan fingerprint density at radius 2 is 1.68 bits per heavy atom. The fourth-order valence-corrected chi connectivity index (χ4v) is 2.20. The van der Waals surface area contributed by atoms with Gasteiger partial charge in [-0.05, 0) is 6.42 Å². The fourth-order valence-electron chi connectivity index (χ4n) is 2.20. The van der Waals surface area contributed by atoms with Crippen molar-refractivity contribution in [3.05, 3.63) is 0 Å². The van der Waals surface area contributed by atoms with E-state index in [1.807, 2.05) is 0 Å². The number of aliphatic hydroxyl groups is 5. The molecular weight excluding hydrogens is 300 g/mol. The normalized spacial score (nSPS) is 33.2. The summed E-state index contributed by atoms with van der Waals surface area (Å²) < 4.78 is 5.17. The molecule has 1 saturated heterocycles. The Balaban J connectivity index is 2.64. The topological polar surface area (TPSA) is 183 Å². The molecule has 8 N–H and O–H groups in total.